The molecule has 5 heteroatoms. The highest BCUT2D eigenvalue weighted by atomic mass is 32.1. The molecule has 1 aliphatic carbocycles. The summed E-state index contributed by atoms with van der Waals surface area (Å²) in [7, 11) is 0. The molecule has 0 fully saturated rings. The summed E-state index contributed by atoms with van der Waals surface area (Å²) in [5, 5.41) is 3.01. The van der Waals surface area contributed by atoms with E-state index in [0.717, 1.165) is 0 Å². The van der Waals surface area contributed by atoms with Gasteiger partial charge in [-0.15, -0.1) is 11.3 Å². The average molecular weight is 303 g/mol. The van der Waals surface area contributed by atoms with Gasteiger partial charge in [-0.2, -0.15) is 0 Å². The molecule has 0 aromatic carbocycles. The number of aryl methyl sites for hydroxylation is 2. The van der Waals surface area contributed by atoms with Crippen LogP contribution in [0.15, 0.2) is 18.3 Å². The Bertz CT molecular complexity index is 648. The monoisotopic (exact) mass is 303 g/mol. The van der Waals surface area contributed by atoms with Crippen LogP contribution >= 0.6 is 11.3 Å². The molecule has 1 amide bonds. The molecule has 0 atom stereocenters. The Morgan fingerprint density at radius 1 is 1.43 bits per heavy atom. The molecule has 2 aromatic heterocycles. The first kappa shape index (κ1) is 14.2. The van der Waals surface area contributed by atoms with Crippen molar-refractivity contribution in [3.8, 4) is 0 Å². The van der Waals surface area contributed by atoms with Crippen LogP contribution in [-0.2, 0) is 19.4 Å². The lowest BCUT2D eigenvalue weighted by atomic mass is 10.2. The maximum Gasteiger partial charge on any atom is 0.268 e. The average Bonchev–Trinajstić information content (AvgIpc) is 3.08. The Labute approximate surface area is 129 Å². The number of nitrogen functional groups attached to an aromatic ring is 1. The minimum Gasteiger partial charge on any atom is -0.397 e. The molecule has 0 radical (unpaired) electrons. The number of nitrogens with one attached hydrogen (secondary N) is 1. The van der Waals surface area contributed by atoms with Gasteiger partial charge in [0.25, 0.3) is 5.91 Å². The highest BCUT2D eigenvalue weighted by Crippen LogP contribution is 2.30. The van der Waals surface area contributed by atoms with E-state index in [4.69, 9.17) is 5.73 Å². The summed E-state index contributed by atoms with van der Waals surface area (Å²) in [6, 6.07) is 4.20. The summed E-state index contributed by atoms with van der Waals surface area (Å²) in [5.41, 5.74) is 8.54. The molecule has 0 saturated carbocycles. The fourth-order valence-electron chi connectivity index (χ4n) is 2.85. The molecule has 112 valence electrons. The van der Waals surface area contributed by atoms with Crippen molar-refractivity contribution in [1.29, 1.82) is 0 Å². The lowest BCUT2D eigenvalue weighted by molar-refractivity contribution is 0.0940. The second kappa shape index (κ2) is 5.56. The first-order valence-corrected chi connectivity index (χ1v) is 8.22. The number of nitrogens with zero attached hydrogens (tertiary/aromatic N) is 1. The first-order chi connectivity index (χ1) is 10.0. The van der Waals surface area contributed by atoms with Gasteiger partial charge in [-0.1, -0.05) is 0 Å². The molecule has 0 aliphatic heterocycles. The quantitative estimate of drug-likeness (QED) is 0.911. The van der Waals surface area contributed by atoms with Crippen molar-refractivity contribution < 1.29 is 4.79 Å². The van der Waals surface area contributed by atoms with Crippen LogP contribution in [0.4, 0.5) is 5.69 Å². The number of thiophene rings is 1. The minimum absolute atomic E-state index is 0.0611. The van der Waals surface area contributed by atoms with E-state index >= 15 is 0 Å². The van der Waals surface area contributed by atoms with Crippen LogP contribution in [0.3, 0.4) is 0 Å². The molecule has 3 rings (SSSR count). The van der Waals surface area contributed by atoms with Gasteiger partial charge in [-0.3, -0.25) is 4.79 Å². The molecule has 0 saturated heterocycles. The normalized spacial score (nSPS) is 13.7. The van der Waals surface area contributed by atoms with Crippen LogP contribution in [0.2, 0.25) is 0 Å². The van der Waals surface area contributed by atoms with Crippen molar-refractivity contribution in [2.75, 3.05) is 5.73 Å². The van der Waals surface area contributed by atoms with Gasteiger partial charge in [-0.05, 0) is 50.8 Å². The van der Waals surface area contributed by atoms with E-state index in [1.54, 1.807) is 6.07 Å². The van der Waals surface area contributed by atoms with Gasteiger partial charge in [-0.25, -0.2) is 0 Å². The van der Waals surface area contributed by atoms with Crippen LogP contribution in [0.25, 0.3) is 0 Å². The molecule has 0 unspecified atom stereocenters. The summed E-state index contributed by atoms with van der Waals surface area (Å²) in [6.07, 6.45) is 5.47. The largest absolute Gasteiger partial charge is 0.397 e. The van der Waals surface area contributed by atoms with Crippen LogP contribution < -0.4 is 11.1 Å². The number of rotatable bonds is 4. The fraction of sp³-hybridized carbons (Fsp3) is 0.438. The van der Waals surface area contributed by atoms with Crippen LogP contribution in [-0.4, -0.2) is 10.5 Å². The van der Waals surface area contributed by atoms with Crippen LogP contribution in [0.5, 0.6) is 0 Å². The van der Waals surface area contributed by atoms with Crippen molar-refractivity contribution in [2.45, 2.75) is 45.7 Å². The third kappa shape index (κ3) is 2.83. The molecule has 3 N–H and O–H groups in total. The number of nitrogens with two attached hydrogens (primary N) is 1. The van der Waals surface area contributed by atoms with E-state index in [-0.39, 0.29) is 11.9 Å². The van der Waals surface area contributed by atoms with E-state index in [1.807, 2.05) is 35.9 Å². The maximum atomic E-state index is 12.3. The van der Waals surface area contributed by atoms with Gasteiger partial charge in [0.2, 0.25) is 0 Å². The van der Waals surface area contributed by atoms with Crippen molar-refractivity contribution in [3.05, 3.63) is 39.3 Å². The predicted octanol–water partition coefficient (Wildman–Crippen LogP) is 3.13. The van der Waals surface area contributed by atoms with E-state index in [9.17, 15) is 4.79 Å². The highest BCUT2D eigenvalue weighted by Gasteiger charge is 2.17. The van der Waals surface area contributed by atoms with Crippen molar-refractivity contribution in [1.82, 2.24) is 9.88 Å². The summed E-state index contributed by atoms with van der Waals surface area (Å²) in [6.45, 7) is 4.68. The Hall–Kier alpha value is -1.75. The molecular weight excluding hydrogens is 282 g/mol. The van der Waals surface area contributed by atoms with Crippen molar-refractivity contribution >= 4 is 22.9 Å². The lowest BCUT2D eigenvalue weighted by Gasteiger charge is -2.12. The summed E-state index contributed by atoms with van der Waals surface area (Å²) >= 11 is 1.83. The number of hydrogen-bond acceptors (Lipinski definition) is 3. The van der Waals surface area contributed by atoms with Crippen molar-refractivity contribution in [2.24, 2.45) is 0 Å². The van der Waals surface area contributed by atoms with Gasteiger partial charge in [0.1, 0.15) is 5.69 Å². The number of aromatic nitrogens is 1. The molecular formula is C16H21N3OS. The number of carbonyl (C=O) groups is 1. The second-order valence-electron chi connectivity index (χ2n) is 5.86. The summed E-state index contributed by atoms with van der Waals surface area (Å²) in [5.74, 6) is -0.0611. The Kier molecular flexibility index (Phi) is 3.76. The molecule has 0 spiro atoms. The van der Waals surface area contributed by atoms with Crippen LogP contribution in [0, 0.1) is 0 Å². The molecule has 0 bridgehead atoms. The Balaban J connectivity index is 1.68. The molecule has 2 heterocycles. The number of carbonyl (C=O) groups excluding carboxylic acids is 1. The number of anilines is 1. The molecule has 1 aliphatic rings. The minimum atomic E-state index is -0.0611. The topological polar surface area (TPSA) is 60.0 Å². The van der Waals surface area contributed by atoms with Gasteiger partial charge in [0.05, 0.1) is 12.2 Å². The first-order valence-electron chi connectivity index (χ1n) is 7.40. The number of amides is 1. The van der Waals surface area contributed by atoms with E-state index in [2.05, 4.69) is 11.4 Å². The Morgan fingerprint density at radius 3 is 2.95 bits per heavy atom. The summed E-state index contributed by atoms with van der Waals surface area (Å²) in [4.78, 5) is 15.1. The number of hydrogen-bond donors (Lipinski definition) is 2. The Morgan fingerprint density at radius 2 is 2.24 bits per heavy atom. The molecule has 4 nitrogen and oxygen atoms in total. The maximum absolute atomic E-state index is 12.3. The van der Waals surface area contributed by atoms with Gasteiger partial charge in [0, 0.05) is 22.0 Å². The molecule has 21 heavy (non-hydrogen) atoms. The third-order valence-electron chi connectivity index (χ3n) is 3.88. The fourth-order valence-corrected chi connectivity index (χ4v) is 4.05. The highest BCUT2D eigenvalue weighted by molar-refractivity contribution is 7.12. The lowest BCUT2D eigenvalue weighted by Crippen LogP contribution is -2.25. The van der Waals surface area contributed by atoms with E-state index in [0.29, 0.717) is 17.9 Å². The van der Waals surface area contributed by atoms with Gasteiger partial charge in [0.15, 0.2) is 0 Å². The second-order valence-corrected chi connectivity index (χ2v) is 7.08. The zero-order valence-electron chi connectivity index (χ0n) is 12.5. The zero-order chi connectivity index (χ0) is 15.0. The summed E-state index contributed by atoms with van der Waals surface area (Å²) < 4.78 is 1.92. The zero-order valence-corrected chi connectivity index (χ0v) is 13.3. The van der Waals surface area contributed by atoms with Crippen LogP contribution in [0.1, 0.15) is 52.1 Å². The number of fused-ring (bicyclic) bond motifs is 1. The van der Waals surface area contributed by atoms with Gasteiger partial charge >= 0.3 is 0 Å². The smallest absolute Gasteiger partial charge is 0.268 e. The van der Waals surface area contributed by atoms with E-state index in [1.165, 1.54) is 34.6 Å². The van der Waals surface area contributed by atoms with Crippen molar-refractivity contribution in [3.63, 3.8) is 0 Å². The van der Waals surface area contributed by atoms with E-state index < -0.39 is 0 Å². The SMILES string of the molecule is CC(C)n1cc(N)cc1C(=O)NCc1cc2c(s1)CCC2. The molecule has 2 aromatic rings. The predicted molar refractivity (Wildman–Crippen MR) is 86.7 cm³/mol. The van der Waals surface area contributed by atoms with Gasteiger partial charge < -0.3 is 15.6 Å². The standard InChI is InChI=1S/C16H21N3OS/c1-10(2)19-9-12(17)7-14(19)16(20)18-8-13-6-11-4-3-5-15(11)21-13/h6-7,9-10H,3-5,8,17H2,1-2H3,(H,18,20). The third-order valence-corrected chi connectivity index (χ3v) is 5.12.